The topological polar surface area (TPSA) is 228 Å². The molecule has 12 atom stereocenters. The number of rotatable bonds is 49. The molecule has 1 amide bonds. The number of carbonyl (C=O) groups is 1. The van der Waals surface area contributed by atoms with E-state index in [0.29, 0.717) is 12.8 Å². The van der Waals surface area contributed by atoms with Gasteiger partial charge in [-0.25, -0.2) is 0 Å². The van der Waals surface area contributed by atoms with Crippen molar-refractivity contribution in [3.63, 3.8) is 0 Å². The first-order chi connectivity index (χ1) is 35.1. The average Bonchev–Trinajstić information content (AvgIpc) is 3.38. The summed E-state index contributed by atoms with van der Waals surface area (Å²) in [6.07, 6.45) is 34.2. The number of nitrogens with one attached hydrogen (secondary N) is 1. The number of aliphatic hydroxyl groups excluding tert-OH is 8. The van der Waals surface area contributed by atoms with E-state index in [4.69, 9.17) is 18.9 Å². The van der Waals surface area contributed by atoms with Crippen molar-refractivity contribution in [1.29, 1.82) is 0 Å². The van der Waals surface area contributed by atoms with E-state index in [1.807, 2.05) is 0 Å². The van der Waals surface area contributed by atoms with Crippen LogP contribution in [0, 0.1) is 0 Å². The third kappa shape index (κ3) is 30.7. The van der Waals surface area contributed by atoms with E-state index in [1.54, 1.807) is 0 Å². The number of hydrogen-bond acceptors (Lipinski definition) is 13. The molecule has 2 aliphatic rings. The number of unbranched alkanes of at least 4 members (excludes halogenated alkanes) is 36. The molecule has 2 rings (SSSR count). The highest BCUT2D eigenvalue weighted by Gasteiger charge is 2.51. The van der Waals surface area contributed by atoms with Crippen LogP contribution in [-0.2, 0) is 23.7 Å². The normalized spacial score (nSPS) is 25.5. The highest BCUT2D eigenvalue weighted by Crippen LogP contribution is 2.30. The first-order valence-corrected chi connectivity index (χ1v) is 30.3. The highest BCUT2D eigenvalue weighted by atomic mass is 16.7. The minimum absolute atomic E-state index is 0.212. The lowest BCUT2D eigenvalue weighted by atomic mass is 9.97. The van der Waals surface area contributed by atoms with Crippen molar-refractivity contribution in [2.24, 2.45) is 0 Å². The summed E-state index contributed by atoms with van der Waals surface area (Å²) in [6, 6.07) is -0.819. The van der Waals surface area contributed by atoms with E-state index in [2.05, 4.69) is 19.2 Å². The van der Waals surface area contributed by atoms with Crippen molar-refractivity contribution in [3.8, 4) is 0 Å². The Labute approximate surface area is 438 Å². The fraction of sp³-hybridized carbons (Fsp3) is 0.983. The van der Waals surface area contributed by atoms with Gasteiger partial charge in [-0.1, -0.05) is 251 Å². The number of amides is 1. The molecule has 0 aromatic heterocycles. The van der Waals surface area contributed by atoms with Crippen LogP contribution in [0.1, 0.15) is 271 Å². The van der Waals surface area contributed by atoms with E-state index in [0.717, 1.165) is 44.9 Å². The van der Waals surface area contributed by atoms with Gasteiger partial charge >= 0.3 is 0 Å². The highest BCUT2D eigenvalue weighted by molar-refractivity contribution is 5.76. The zero-order chi connectivity index (χ0) is 52.4. The largest absolute Gasteiger partial charge is 0.394 e. The molecule has 428 valence electrons. The van der Waals surface area contributed by atoms with Crippen LogP contribution < -0.4 is 5.32 Å². The molecule has 2 saturated heterocycles. The summed E-state index contributed by atoms with van der Waals surface area (Å²) < 4.78 is 22.6. The Bertz CT molecular complexity index is 1220. The Balaban J connectivity index is 1.45. The summed E-state index contributed by atoms with van der Waals surface area (Å²) in [5.74, 6) is -0.212. The van der Waals surface area contributed by atoms with Crippen LogP contribution in [0.25, 0.3) is 0 Å². The fourth-order valence-corrected chi connectivity index (χ4v) is 10.4. The summed E-state index contributed by atoms with van der Waals surface area (Å²) in [6.45, 7) is 2.70. The van der Waals surface area contributed by atoms with Gasteiger partial charge < -0.3 is 65.1 Å². The Kier molecular flexibility index (Phi) is 42.0. The van der Waals surface area contributed by atoms with Gasteiger partial charge in [-0.05, 0) is 12.8 Å². The molecule has 2 fully saturated rings. The predicted octanol–water partition coefficient (Wildman–Crippen LogP) is 10.1. The molecule has 0 aliphatic carbocycles. The summed E-state index contributed by atoms with van der Waals surface area (Å²) in [5.41, 5.74) is 0. The van der Waals surface area contributed by atoms with Gasteiger partial charge in [-0.15, -0.1) is 0 Å². The van der Waals surface area contributed by atoms with Crippen molar-refractivity contribution >= 4 is 5.91 Å². The second kappa shape index (κ2) is 45.1. The zero-order valence-electron chi connectivity index (χ0n) is 46.0. The molecule has 12 unspecified atom stereocenters. The van der Waals surface area contributed by atoms with E-state index >= 15 is 0 Å². The summed E-state index contributed by atoms with van der Waals surface area (Å²) in [5, 5.41) is 86.2. The van der Waals surface area contributed by atoms with Gasteiger partial charge in [0.2, 0.25) is 5.91 Å². The number of carbonyl (C=O) groups excluding carboxylic acids is 1. The first-order valence-electron chi connectivity index (χ1n) is 30.3. The van der Waals surface area contributed by atoms with Crippen molar-refractivity contribution in [1.82, 2.24) is 5.32 Å². The molecule has 0 saturated carbocycles. The Morgan fingerprint density at radius 3 is 1.18 bits per heavy atom. The van der Waals surface area contributed by atoms with Crippen molar-refractivity contribution in [2.75, 3.05) is 19.8 Å². The number of aliphatic hydroxyl groups is 8. The molecule has 0 radical (unpaired) electrons. The molecule has 0 spiro atoms. The Morgan fingerprint density at radius 2 is 0.792 bits per heavy atom. The number of hydrogen-bond donors (Lipinski definition) is 9. The Morgan fingerprint density at radius 1 is 0.444 bits per heavy atom. The predicted molar refractivity (Wildman–Crippen MR) is 286 cm³/mol. The van der Waals surface area contributed by atoms with Crippen LogP contribution >= 0.6 is 0 Å². The maximum atomic E-state index is 13.0. The van der Waals surface area contributed by atoms with Crippen LogP contribution in [-0.4, -0.2) is 140 Å². The van der Waals surface area contributed by atoms with Gasteiger partial charge in [0.15, 0.2) is 12.6 Å². The van der Waals surface area contributed by atoms with E-state index in [-0.39, 0.29) is 12.5 Å². The minimum Gasteiger partial charge on any atom is -0.394 e. The molecule has 0 aromatic rings. The SMILES string of the molecule is CCCCCCCCCCCCCCCCCCCCCCCCCCCCCCCCCCCCCC(=O)NC(COC1OC(CO)C(OC2OC(CO)C(O)C(O)C2O)C(O)C1O)C(O)CCCCC. The second-order valence-corrected chi connectivity index (χ2v) is 21.8. The standard InChI is InChI=1S/C58H113NO13/c1-3-5-7-8-9-10-11-12-13-14-15-16-17-18-19-20-21-22-23-24-25-26-27-28-29-30-31-32-33-34-35-36-37-38-40-42-50(63)59-46(47(62)41-39-6-4-2)45-69-57-55(68)53(66)56(49(44-61)71-57)72-58-54(67)52(65)51(64)48(43-60)70-58/h46-49,51-58,60-62,64-68H,3-45H2,1-2H3,(H,59,63). The van der Waals surface area contributed by atoms with Crippen LogP contribution in [0.15, 0.2) is 0 Å². The number of ether oxygens (including phenoxy) is 4. The molecule has 0 bridgehead atoms. The zero-order valence-corrected chi connectivity index (χ0v) is 46.0. The van der Waals surface area contributed by atoms with Crippen LogP contribution in [0.2, 0.25) is 0 Å². The molecule has 9 N–H and O–H groups in total. The van der Waals surface area contributed by atoms with Crippen molar-refractivity contribution in [3.05, 3.63) is 0 Å². The molecule has 14 nitrogen and oxygen atoms in total. The quantitative estimate of drug-likeness (QED) is 0.0259. The van der Waals surface area contributed by atoms with E-state index in [9.17, 15) is 45.6 Å². The van der Waals surface area contributed by atoms with Gasteiger partial charge in [0.25, 0.3) is 0 Å². The third-order valence-electron chi connectivity index (χ3n) is 15.3. The van der Waals surface area contributed by atoms with Crippen molar-refractivity contribution in [2.45, 2.75) is 344 Å². The smallest absolute Gasteiger partial charge is 0.220 e. The maximum Gasteiger partial charge on any atom is 0.220 e. The van der Waals surface area contributed by atoms with Crippen LogP contribution in [0.5, 0.6) is 0 Å². The summed E-state index contributed by atoms with van der Waals surface area (Å²) >= 11 is 0. The molecule has 72 heavy (non-hydrogen) atoms. The van der Waals surface area contributed by atoms with Gasteiger partial charge in [0.05, 0.1) is 32.0 Å². The van der Waals surface area contributed by atoms with Crippen molar-refractivity contribution < 1.29 is 64.6 Å². The lowest BCUT2D eigenvalue weighted by molar-refractivity contribution is -0.359. The van der Waals surface area contributed by atoms with E-state index < -0.39 is 86.8 Å². The minimum atomic E-state index is -1.78. The Hall–Kier alpha value is -1.01. The van der Waals surface area contributed by atoms with Gasteiger partial charge in [-0.3, -0.25) is 4.79 Å². The van der Waals surface area contributed by atoms with E-state index in [1.165, 1.54) is 199 Å². The van der Waals surface area contributed by atoms with Gasteiger partial charge in [0.1, 0.15) is 48.8 Å². The van der Waals surface area contributed by atoms with Crippen LogP contribution in [0.4, 0.5) is 0 Å². The van der Waals surface area contributed by atoms with Crippen LogP contribution in [0.3, 0.4) is 0 Å². The summed E-state index contributed by atoms with van der Waals surface area (Å²) in [4.78, 5) is 13.0. The third-order valence-corrected chi connectivity index (χ3v) is 15.3. The molecular weight excluding hydrogens is 919 g/mol. The second-order valence-electron chi connectivity index (χ2n) is 21.8. The summed E-state index contributed by atoms with van der Waals surface area (Å²) in [7, 11) is 0. The maximum absolute atomic E-state index is 13.0. The van der Waals surface area contributed by atoms with Gasteiger partial charge in [0, 0.05) is 6.42 Å². The lowest BCUT2D eigenvalue weighted by Gasteiger charge is -2.46. The first kappa shape index (κ1) is 67.1. The fourth-order valence-electron chi connectivity index (χ4n) is 10.4. The molecule has 0 aromatic carbocycles. The molecule has 14 heteroatoms. The average molecular weight is 1030 g/mol. The molecule has 2 heterocycles. The molecular formula is C58H113NO13. The lowest BCUT2D eigenvalue weighted by Crippen LogP contribution is -2.65. The molecule has 2 aliphatic heterocycles. The monoisotopic (exact) mass is 1030 g/mol. The van der Waals surface area contributed by atoms with Gasteiger partial charge in [-0.2, -0.15) is 0 Å².